The van der Waals surface area contributed by atoms with Gasteiger partial charge in [0.2, 0.25) is 10.0 Å². The summed E-state index contributed by atoms with van der Waals surface area (Å²) in [7, 11) is -3.57. The largest absolute Gasteiger partial charge is 0.337 e. The molecule has 8 nitrogen and oxygen atoms in total. The van der Waals surface area contributed by atoms with E-state index in [2.05, 4.69) is 9.71 Å². The Kier molecular flexibility index (Phi) is 4.95. The van der Waals surface area contributed by atoms with Crippen LogP contribution >= 0.6 is 0 Å². The first-order chi connectivity index (χ1) is 12.0. The molecule has 0 spiro atoms. The summed E-state index contributed by atoms with van der Waals surface area (Å²) in [5.74, 6) is -1.21. The Morgan fingerprint density at radius 3 is 2.32 bits per heavy atom. The van der Waals surface area contributed by atoms with Gasteiger partial charge in [0.05, 0.1) is 23.2 Å². The van der Waals surface area contributed by atoms with Crippen molar-refractivity contribution in [2.75, 3.05) is 18.8 Å². The van der Waals surface area contributed by atoms with Crippen LogP contribution in [0.4, 0.5) is 0 Å². The lowest BCUT2D eigenvalue weighted by atomic mass is 10.1. The third kappa shape index (κ3) is 3.94. The van der Waals surface area contributed by atoms with E-state index >= 15 is 0 Å². The molecule has 25 heavy (non-hydrogen) atoms. The average molecular weight is 362 g/mol. The summed E-state index contributed by atoms with van der Waals surface area (Å²) >= 11 is 0. The highest BCUT2D eigenvalue weighted by atomic mass is 32.2. The summed E-state index contributed by atoms with van der Waals surface area (Å²) in [4.78, 5) is 29.3. The minimum Gasteiger partial charge on any atom is -0.337 e. The van der Waals surface area contributed by atoms with Crippen molar-refractivity contribution in [3.63, 3.8) is 0 Å². The predicted octanol–water partition coefficient (Wildman–Crippen LogP) is 0.489. The minimum absolute atomic E-state index is 0.163. The molecular formula is C16H18N4O4S. The zero-order valence-corrected chi connectivity index (χ0v) is 14.3. The molecule has 0 saturated carbocycles. The second kappa shape index (κ2) is 7.16. The SMILES string of the molecule is O=C1c2ccccc2C(=O)N1CCS(=O)(=O)NCCCn1ccnc1. The molecule has 2 amide bonds. The van der Waals surface area contributed by atoms with Crippen LogP contribution in [-0.2, 0) is 16.6 Å². The normalized spacial score (nSPS) is 14.2. The van der Waals surface area contributed by atoms with Gasteiger partial charge in [0, 0.05) is 32.0 Å². The van der Waals surface area contributed by atoms with E-state index in [0.29, 0.717) is 24.1 Å². The van der Waals surface area contributed by atoms with Gasteiger partial charge in [-0.05, 0) is 18.6 Å². The molecule has 0 bridgehead atoms. The molecule has 2 heterocycles. The first-order valence-electron chi connectivity index (χ1n) is 7.86. The lowest BCUT2D eigenvalue weighted by Crippen LogP contribution is -2.38. The van der Waals surface area contributed by atoms with E-state index in [9.17, 15) is 18.0 Å². The van der Waals surface area contributed by atoms with E-state index in [1.807, 2.05) is 4.57 Å². The number of amides is 2. The molecule has 1 aliphatic rings. The fourth-order valence-corrected chi connectivity index (χ4v) is 3.66. The van der Waals surface area contributed by atoms with E-state index in [1.165, 1.54) is 0 Å². The number of hydrogen-bond acceptors (Lipinski definition) is 5. The Morgan fingerprint density at radius 2 is 1.72 bits per heavy atom. The number of carbonyl (C=O) groups excluding carboxylic acids is 2. The molecule has 1 aromatic carbocycles. The van der Waals surface area contributed by atoms with Crippen molar-refractivity contribution in [2.24, 2.45) is 0 Å². The molecule has 0 aliphatic carbocycles. The van der Waals surface area contributed by atoms with Gasteiger partial charge < -0.3 is 4.57 Å². The van der Waals surface area contributed by atoms with Crippen molar-refractivity contribution in [2.45, 2.75) is 13.0 Å². The van der Waals surface area contributed by atoms with Crippen molar-refractivity contribution in [1.29, 1.82) is 0 Å². The monoisotopic (exact) mass is 362 g/mol. The number of benzene rings is 1. The zero-order chi connectivity index (χ0) is 17.9. The van der Waals surface area contributed by atoms with Gasteiger partial charge in [0.1, 0.15) is 0 Å². The Balaban J connectivity index is 1.49. The third-order valence-corrected chi connectivity index (χ3v) is 5.30. The number of fused-ring (bicyclic) bond motifs is 1. The summed E-state index contributed by atoms with van der Waals surface area (Å²) in [5.41, 5.74) is 0.636. The summed E-state index contributed by atoms with van der Waals surface area (Å²) in [6, 6.07) is 6.48. The van der Waals surface area contributed by atoms with Crippen molar-refractivity contribution in [1.82, 2.24) is 19.2 Å². The van der Waals surface area contributed by atoms with Gasteiger partial charge in [-0.2, -0.15) is 0 Å². The number of rotatable bonds is 8. The average Bonchev–Trinajstić information content (AvgIpc) is 3.19. The topological polar surface area (TPSA) is 101 Å². The Labute approximate surface area is 145 Å². The molecule has 1 N–H and O–H groups in total. The Hall–Kier alpha value is -2.52. The number of aromatic nitrogens is 2. The first-order valence-corrected chi connectivity index (χ1v) is 9.51. The Morgan fingerprint density at radius 1 is 1.04 bits per heavy atom. The molecule has 1 aromatic heterocycles. The van der Waals surface area contributed by atoms with Crippen LogP contribution in [0.1, 0.15) is 27.1 Å². The van der Waals surface area contributed by atoms with Crippen LogP contribution in [0, 0.1) is 0 Å². The van der Waals surface area contributed by atoms with E-state index in [4.69, 9.17) is 0 Å². The lowest BCUT2D eigenvalue weighted by molar-refractivity contribution is 0.0664. The molecule has 9 heteroatoms. The number of sulfonamides is 1. The van der Waals surface area contributed by atoms with E-state index in [-0.39, 0.29) is 18.8 Å². The van der Waals surface area contributed by atoms with Crippen LogP contribution in [0.3, 0.4) is 0 Å². The first kappa shape index (κ1) is 17.3. The molecule has 0 atom stereocenters. The number of carbonyl (C=O) groups is 2. The highest BCUT2D eigenvalue weighted by molar-refractivity contribution is 7.89. The Bertz CT molecular complexity index is 842. The van der Waals surface area contributed by atoms with Gasteiger partial charge in [-0.25, -0.2) is 18.1 Å². The van der Waals surface area contributed by atoms with Gasteiger partial charge in [0.15, 0.2) is 0 Å². The van der Waals surface area contributed by atoms with Crippen LogP contribution < -0.4 is 4.72 Å². The van der Waals surface area contributed by atoms with Crippen LogP contribution in [0.15, 0.2) is 43.0 Å². The zero-order valence-electron chi connectivity index (χ0n) is 13.5. The molecule has 0 saturated heterocycles. The molecule has 0 fully saturated rings. The van der Waals surface area contributed by atoms with Crippen LogP contribution in [-0.4, -0.2) is 53.5 Å². The van der Waals surface area contributed by atoms with Crippen molar-refractivity contribution in [3.05, 3.63) is 54.1 Å². The summed E-state index contributed by atoms with van der Waals surface area (Å²) in [6.45, 7) is 0.771. The van der Waals surface area contributed by atoms with Crippen LogP contribution in [0.2, 0.25) is 0 Å². The highest BCUT2D eigenvalue weighted by Gasteiger charge is 2.35. The van der Waals surface area contributed by atoms with E-state index in [0.717, 1.165) is 4.90 Å². The van der Waals surface area contributed by atoms with Gasteiger partial charge >= 0.3 is 0 Å². The standard InChI is InChI=1S/C16H18N4O4S/c21-15-13-4-1-2-5-14(13)16(22)20(15)10-11-25(23,24)18-6-3-8-19-9-7-17-12-19/h1-2,4-5,7,9,12,18H,3,6,8,10-11H2. The number of aryl methyl sites for hydroxylation is 1. The summed E-state index contributed by atoms with van der Waals surface area (Å²) < 4.78 is 28.5. The molecule has 0 unspecified atom stereocenters. The van der Waals surface area contributed by atoms with Crippen molar-refractivity contribution in [3.8, 4) is 0 Å². The fraction of sp³-hybridized carbons (Fsp3) is 0.312. The van der Waals surface area contributed by atoms with E-state index in [1.54, 1.807) is 43.0 Å². The third-order valence-electron chi connectivity index (χ3n) is 3.94. The molecular weight excluding hydrogens is 344 g/mol. The number of imide groups is 1. The van der Waals surface area contributed by atoms with Gasteiger partial charge in [-0.1, -0.05) is 12.1 Å². The maximum Gasteiger partial charge on any atom is 0.261 e. The predicted molar refractivity (Wildman–Crippen MR) is 90.4 cm³/mol. The molecule has 1 aliphatic heterocycles. The number of nitrogens with one attached hydrogen (secondary N) is 1. The van der Waals surface area contributed by atoms with Gasteiger partial charge in [-0.3, -0.25) is 14.5 Å². The number of imidazole rings is 1. The summed E-state index contributed by atoms with van der Waals surface area (Å²) in [5, 5.41) is 0. The van der Waals surface area contributed by atoms with Gasteiger partial charge in [0.25, 0.3) is 11.8 Å². The molecule has 0 radical (unpaired) electrons. The second-order valence-electron chi connectivity index (χ2n) is 5.67. The van der Waals surface area contributed by atoms with Crippen LogP contribution in [0.5, 0.6) is 0 Å². The molecule has 132 valence electrons. The maximum absolute atomic E-state index is 12.2. The van der Waals surface area contributed by atoms with Crippen molar-refractivity contribution >= 4 is 21.8 Å². The second-order valence-corrected chi connectivity index (χ2v) is 7.60. The summed E-state index contributed by atoms with van der Waals surface area (Å²) in [6.07, 6.45) is 5.74. The van der Waals surface area contributed by atoms with E-state index < -0.39 is 21.8 Å². The van der Waals surface area contributed by atoms with Crippen LogP contribution in [0.25, 0.3) is 0 Å². The quantitative estimate of drug-likeness (QED) is 0.544. The maximum atomic E-state index is 12.2. The highest BCUT2D eigenvalue weighted by Crippen LogP contribution is 2.22. The molecule has 3 rings (SSSR count). The fourth-order valence-electron chi connectivity index (χ4n) is 2.63. The smallest absolute Gasteiger partial charge is 0.261 e. The molecule has 2 aromatic rings. The minimum atomic E-state index is -3.57. The van der Waals surface area contributed by atoms with Crippen molar-refractivity contribution < 1.29 is 18.0 Å². The number of nitrogens with zero attached hydrogens (tertiary/aromatic N) is 3. The number of hydrogen-bond donors (Lipinski definition) is 1. The van der Waals surface area contributed by atoms with Gasteiger partial charge in [-0.15, -0.1) is 0 Å². The lowest BCUT2D eigenvalue weighted by Gasteiger charge is -2.14.